The van der Waals surface area contributed by atoms with Gasteiger partial charge in [-0.25, -0.2) is 0 Å². The number of benzene rings is 1. The van der Waals surface area contributed by atoms with Gasteiger partial charge >= 0.3 is 0 Å². The Morgan fingerprint density at radius 3 is 2.80 bits per heavy atom. The van der Waals surface area contributed by atoms with E-state index in [9.17, 15) is 4.79 Å². The first kappa shape index (κ1) is 12.1. The van der Waals surface area contributed by atoms with Crippen LogP contribution in [-0.4, -0.2) is 17.7 Å². The predicted octanol–water partition coefficient (Wildman–Crippen LogP) is 1.44. The normalized spacial score (nSPS) is 12.2. The van der Waals surface area contributed by atoms with Crippen molar-refractivity contribution in [2.75, 3.05) is 11.1 Å². The molecular formula is C11H16N2OS. The molecule has 0 heterocycles. The SMILES string of the molecule is CCc1ccccc1NC(=O)C(N)CS. The Morgan fingerprint density at radius 2 is 2.20 bits per heavy atom. The van der Waals surface area contributed by atoms with Gasteiger partial charge < -0.3 is 11.1 Å². The number of para-hydroxylation sites is 1. The number of nitrogens with two attached hydrogens (primary N) is 1. The molecule has 1 amide bonds. The van der Waals surface area contributed by atoms with Crippen LogP contribution in [0.1, 0.15) is 12.5 Å². The zero-order chi connectivity index (χ0) is 11.3. The summed E-state index contributed by atoms with van der Waals surface area (Å²) in [6.07, 6.45) is 0.882. The molecule has 0 aliphatic heterocycles. The number of carbonyl (C=O) groups excluding carboxylic acids is 1. The summed E-state index contributed by atoms with van der Waals surface area (Å²) in [5.41, 5.74) is 7.51. The second-order valence-electron chi connectivity index (χ2n) is 3.29. The molecule has 1 rings (SSSR count). The Bertz CT molecular complexity index is 341. The van der Waals surface area contributed by atoms with E-state index in [4.69, 9.17) is 5.73 Å². The highest BCUT2D eigenvalue weighted by Crippen LogP contribution is 2.15. The van der Waals surface area contributed by atoms with Gasteiger partial charge in [0.25, 0.3) is 0 Å². The van der Waals surface area contributed by atoms with Crippen molar-refractivity contribution in [3.63, 3.8) is 0 Å². The van der Waals surface area contributed by atoms with Crippen molar-refractivity contribution in [1.82, 2.24) is 0 Å². The average Bonchev–Trinajstić information content (AvgIpc) is 2.28. The molecule has 82 valence electrons. The molecule has 1 aromatic rings. The Labute approximate surface area is 95.5 Å². The molecule has 0 radical (unpaired) electrons. The molecule has 3 nitrogen and oxygen atoms in total. The summed E-state index contributed by atoms with van der Waals surface area (Å²) in [6, 6.07) is 7.15. The number of thiol groups is 1. The Morgan fingerprint density at radius 1 is 1.53 bits per heavy atom. The van der Waals surface area contributed by atoms with Gasteiger partial charge in [-0.05, 0) is 18.1 Å². The summed E-state index contributed by atoms with van der Waals surface area (Å²) in [7, 11) is 0. The van der Waals surface area contributed by atoms with E-state index in [1.807, 2.05) is 31.2 Å². The Balaban J connectivity index is 2.76. The summed E-state index contributed by atoms with van der Waals surface area (Å²) >= 11 is 3.98. The number of anilines is 1. The van der Waals surface area contributed by atoms with Gasteiger partial charge in [0.2, 0.25) is 5.91 Å². The second kappa shape index (κ2) is 5.78. The highest BCUT2D eigenvalue weighted by atomic mass is 32.1. The Hall–Kier alpha value is -1.000. The zero-order valence-corrected chi connectivity index (χ0v) is 9.63. The number of nitrogens with one attached hydrogen (secondary N) is 1. The maximum Gasteiger partial charge on any atom is 0.242 e. The maximum absolute atomic E-state index is 11.5. The third-order valence-electron chi connectivity index (χ3n) is 2.19. The van der Waals surface area contributed by atoms with E-state index in [0.29, 0.717) is 5.75 Å². The summed E-state index contributed by atoms with van der Waals surface area (Å²) in [4.78, 5) is 11.5. The van der Waals surface area contributed by atoms with E-state index in [1.165, 1.54) is 0 Å². The van der Waals surface area contributed by atoms with Crippen LogP contribution in [0.15, 0.2) is 24.3 Å². The standard InChI is InChI=1S/C11H16N2OS/c1-2-8-5-3-4-6-10(8)13-11(14)9(12)7-15/h3-6,9,15H,2,7,12H2,1H3,(H,13,14). The lowest BCUT2D eigenvalue weighted by Gasteiger charge is -2.12. The molecular weight excluding hydrogens is 208 g/mol. The minimum Gasteiger partial charge on any atom is -0.324 e. The highest BCUT2D eigenvalue weighted by Gasteiger charge is 2.12. The third kappa shape index (κ3) is 3.25. The van der Waals surface area contributed by atoms with Gasteiger partial charge in [-0.1, -0.05) is 25.1 Å². The van der Waals surface area contributed by atoms with E-state index in [0.717, 1.165) is 17.7 Å². The van der Waals surface area contributed by atoms with Gasteiger partial charge in [0.15, 0.2) is 0 Å². The van der Waals surface area contributed by atoms with Crippen molar-refractivity contribution in [3.05, 3.63) is 29.8 Å². The van der Waals surface area contributed by atoms with Gasteiger partial charge in [0.05, 0.1) is 6.04 Å². The lowest BCUT2D eigenvalue weighted by atomic mass is 10.1. The molecule has 15 heavy (non-hydrogen) atoms. The van der Waals surface area contributed by atoms with Crippen LogP contribution in [0, 0.1) is 0 Å². The van der Waals surface area contributed by atoms with E-state index in [1.54, 1.807) is 0 Å². The summed E-state index contributed by atoms with van der Waals surface area (Å²) < 4.78 is 0. The minimum absolute atomic E-state index is 0.189. The molecule has 1 unspecified atom stereocenters. The zero-order valence-electron chi connectivity index (χ0n) is 8.73. The first-order valence-electron chi connectivity index (χ1n) is 4.94. The number of carbonyl (C=O) groups is 1. The van der Waals surface area contributed by atoms with Crippen LogP contribution in [-0.2, 0) is 11.2 Å². The first-order valence-corrected chi connectivity index (χ1v) is 5.57. The quantitative estimate of drug-likeness (QED) is 0.678. The fraction of sp³-hybridized carbons (Fsp3) is 0.364. The molecule has 0 fully saturated rings. The summed E-state index contributed by atoms with van der Waals surface area (Å²) in [5.74, 6) is 0.158. The maximum atomic E-state index is 11.5. The second-order valence-corrected chi connectivity index (χ2v) is 3.65. The lowest BCUT2D eigenvalue weighted by molar-refractivity contribution is -0.116. The molecule has 0 aromatic heterocycles. The Kier molecular flexibility index (Phi) is 4.65. The molecule has 0 spiro atoms. The van der Waals surface area contributed by atoms with Gasteiger partial charge in [0.1, 0.15) is 0 Å². The van der Waals surface area contributed by atoms with Crippen molar-refractivity contribution < 1.29 is 4.79 Å². The van der Waals surface area contributed by atoms with Crippen LogP contribution < -0.4 is 11.1 Å². The predicted molar refractivity (Wildman–Crippen MR) is 66.3 cm³/mol. The van der Waals surface area contributed by atoms with E-state index < -0.39 is 6.04 Å². The number of hydrogen-bond donors (Lipinski definition) is 3. The van der Waals surface area contributed by atoms with Crippen LogP contribution in [0.5, 0.6) is 0 Å². The fourth-order valence-electron chi connectivity index (χ4n) is 1.26. The number of rotatable bonds is 4. The van der Waals surface area contributed by atoms with Gasteiger partial charge in [0, 0.05) is 11.4 Å². The fourth-order valence-corrected chi connectivity index (χ4v) is 1.42. The molecule has 0 aliphatic carbocycles. The molecule has 4 heteroatoms. The smallest absolute Gasteiger partial charge is 0.242 e. The lowest BCUT2D eigenvalue weighted by Crippen LogP contribution is -2.37. The van der Waals surface area contributed by atoms with E-state index in [-0.39, 0.29) is 5.91 Å². The van der Waals surface area contributed by atoms with Crippen molar-refractivity contribution in [1.29, 1.82) is 0 Å². The molecule has 1 aromatic carbocycles. The largest absolute Gasteiger partial charge is 0.324 e. The van der Waals surface area contributed by atoms with Crippen LogP contribution >= 0.6 is 12.6 Å². The molecule has 0 bridgehead atoms. The minimum atomic E-state index is -0.557. The number of amides is 1. The first-order chi connectivity index (χ1) is 7.19. The number of hydrogen-bond acceptors (Lipinski definition) is 3. The van der Waals surface area contributed by atoms with Crippen LogP contribution in [0.25, 0.3) is 0 Å². The average molecular weight is 224 g/mol. The van der Waals surface area contributed by atoms with E-state index >= 15 is 0 Å². The van der Waals surface area contributed by atoms with Gasteiger partial charge in [-0.15, -0.1) is 0 Å². The van der Waals surface area contributed by atoms with E-state index in [2.05, 4.69) is 17.9 Å². The van der Waals surface area contributed by atoms with Gasteiger partial charge in [-0.3, -0.25) is 4.79 Å². The van der Waals surface area contributed by atoms with Gasteiger partial charge in [-0.2, -0.15) is 12.6 Å². The molecule has 0 saturated heterocycles. The molecule has 3 N–H and O–H groups in total. The third-order valence-corrected chi connectivity index (χ3v) is 2.58. The van der Waals surface area contributed by atoms with Crippen LogP contribution in [0.2, 0.25) is 0 Å². The summed E-state index contributed by atoms with van der Waals surface area (Å²) in [6.45, 7) is 2.05. The molecule has 0 aliphatic rings. The van der Waals surface area contributed by atoms with Crippen LogP contribution in [0.3, 0.4) is 0 Å². The topological polar surface area (TPSA) is 55.1 Å². The highest BCUT2D eigenvalue weighted by molar-refractivity contribution is 7.80. The molecule has 0 saturated carbocycles. The van der Waals surface area contributed by atoms with Crippen molar-refractivity contribution in [2.45, 2.75) is 19.4 Å². The summed E-state index contributed by atoms with van der Waals surface area (Å²) in [5, 5.41) is 2.80. The number of aryl methyl sites for hydroxylation is 1. The van der Waals surface area contributed by atoms with Crippen molar-refractivity contribution >= 4 is 24.2 Å². The monoisotopic (exact) mass is 224 g/mol. The molecule has 1 atom stereocenters. The van der Waals surface area contributed by atoms with Crippen LogP contribution in [0.4, 0.5) is 5.69 Å². The van der Waals surface area contributed by atoms with Crippen molar-refractivity contribution in [2.24, 2.45) is 5.73 Å². The van der Waals surface area contributed by atoms with Crippen molar-refractivity contribution in [3.8, 4) is 0 Å².